The summed E-state index contributed by atoms with van der Waals surface area (Å²) in [4.78, 5) is 13.3. The van der Waals surface area contributed by atoms with Gasteiger partial charge in [-0.15, -0.1) is 0 Å². The van der Waals surface area contributed by atoms with E-state index >= 15 is 0 Å². The van der Waals surface area contributed by atoms with Crippen LogP contribution in [-0.4, -0.2) is 55.9 Å². The average molecular weight is 248 g/mol. The van der Waals surface area contributed by atoms with E-state index in [0.29, 0.717) is 13.1 Å². The normalized spacial score (nSPS) is 20.8. The summed E-state index contributed by atoms with van der Waals surface area (Å²) >= 11 is 0. The maximum atomic E-state index is 11.7. The molecule has 0 atom stereocenters. The van der Waals surface area contributed by atoms with Crippen molar-refractivity contribution in [2.24, 2.45) is 0 Å². The zero-order chi connectivity index (χ0) is 12.4. The van der Waals surface area contributed by atoms with Gasteiger partial charge in [0.2, 0.25) is 5.91 Å². The van der Waals surface area contributed by atoms with Crippen LogP contribution in [0.5, 0.6) is 0 Å². The lowest BCUT2D eigenvalue weighted by Gasteiger charge is -2.28. The van der Waals surface area contributed by atoms with E-state index in [2.05, 4.69) is 5.32 Å². The second-order valence-corrected chi connectivity index (χ2v) is 7.44. The number of sulfone groups is 1. The lowest BCUT2D eigenvalue weighted by atomic mass is 10.1. The molecule has 1 aliphatic rings. The Morgan fingerprint density at radius 2 is 1.75 bits per heavy atom. The molecule has 1 amide bonds. The molecule has 0 radical (unpaired) electrons. The summed E-state index contributed by atoms with van der Waals surface area (Å²) in [5.41, 5.74) is -0.0997. The van der Waals surface area contributed by atoms with Gasteiger partial charge in [-0.2, -0.15) is 0 Å². The highest BCUT2D eigenvalue weighted by molar-refractivity contribution is 7.91. The monoisotopic (exact) mass is 248 g/mol. The molecule has 1 aliphatic heterocycles. The molecule has 16 heavy (non-hydrogen) atoms. The van der Waals surface area contributed by atoms with Crippen molar-refractivity contribution >= 4 is 15.7 Å². The van der Waals surface area contributed by atoms with Gasteiger partial charge in [-0.3, -0.25) is 4.79 Å². The highest BCUT2D eigenvalue weighted by Gasteiger charge is 2.25. The molecule has 0 aromatic heterocycles. The molecule has 0 aromatic rings. The zero-order valence-corrected chi connectivity index (χ0v) is 10.9. The second-order valence-electron chi connectivity index (χ2n) is 5.14. The molecular formula is C10H20N2O3S. The first-order chi connectivity index (χ1) is 7.20. The number of carbonyl (C=O) groups excluding carboxylic acids is 1. The summed E-state index contributed by atoms with van der Waals surface area (Å²) in [6, 6.07) is 0. The van der Waals surface area contributed by atoms with Gasteiger partial charge in [0, 0.05) is 18.6 Å². The average Bonchev–Trinajstić information content (AvgIpc) is 2.13. The Morgan fingerprint density at radius 3 is 2.19 bits per heavy atom. The van der Waals surface area contributed by atoms with E-state index in [1.165, 1.54) is 0 Å². The molecule has 0 spiro atoms. The minimum Gasteiger partial charge on any atom is -0.340 e. The van der Waals surface area contributed by atoms with E-state index in [4.69, 9.17) is 0 Å². The highest BCUT2D eigenvalue weighted by atomic mass is 32.2. The van der Waals surface area contributed by atoms with Gasteiger partial charge in [0.1, 0.15) is 0 Å². The first-order valence-electron chi connectivity index (χ1n) is 5.43. The number of hydrogen-bond acceptors (Lipinski definition) is 4. The van der Waals surface area contributed by atoms with Gasteiger partial charge in [0.25, 0.3) is 0 Å². The summed E-state index contributed by atoms with van der Waals surface area (Å²) in [5, 5.41) is 3.10. The third-order valence-corrected chi connectivity index (χ3v) is 4.08. The molecule has 1 rings (SSSR count). The van der Waals surface area contributed by atoms with Crippen molar-refractivity contribution in [3.63, 3.8) is 0 Å². The fourth-order valence-electron chi connectivity index (χ4n) is 1.41. The van der Waals surface area contributed by atoms with Gasteiger partial charge in [-0.25, -0.2) is 8.42 Å². The standard InChI is InChI=1S/C10H20N2O3S/c1-10(2,3)11-8-9(13)12-4-6-16(14,15)7-5-12/h11H,4-8H2,1-3H3. The van der Waals surface area contributed by atoms with Gasteiger partial charge < -0.3 is 10.2 Å². The minimum absolute atomic E-state index is 0.0233. The quantitative estimate of drug-likeness (QED) is 0.724. The van der Waals surface area contributed by atoms with Crippen molar-refractivity contribution in [1.82, 2.24) is 10.2 Å². The van der Waals surface area contributed by atoms with Crippen LogP contribution in [0.1, 0.15) is 20.8 Å². The molecule has 0 saturated carbocycles. The highest BCUT2D eigenvalue weighted by Crippen LogP contribution is 2.04. The smallest absolute Gasteiger partial charge is 0.236 e. The number of hydrogen-bond donors (Lipinski definition) is 1. The van der Waals surface area contributed by atoms with Crippen LogP contribution in [-0.2, 0) is 14.6 Å². The van der Waals surface area contributed by atoms with Crippen LogP contribution in [0.4, 0.5) is 0 Å². The van der Waals surface area contributed by atoms with E-state index in [-0.39, 0.29) is 29.5 Å². The van der Waals surface area contributed by atoms with Crippen LogP contribution in [0, 0.1) is 0 Å². The summed E-state index contributed by atoms with van der Waals surface area (Å²) in [7, 11) is -2.91. The number of nitrogens with zero attached hydrogens (tertiary/aromatic N) is 1. The predicted molar refractivity (Wildman–Crippen MR) is 63.0 cm³/mol. The molecule has 0 unspecified atom stereocenters. The Balaban J connectivity index is 2.40. The number of rotatable bonds is 2. The first-order valence-corrected chi connectivity index (χ1v) is 7.25. The molecule has 0 aromatic carbocycles. The fraction of sp³-hybridized carbons (Fsp3) is 0.900. The van der Waals surface area contributed by atoms with Crippen LogP contribution in [0.2, 0.25) is 0 Å². The minimum atomic E-state index is -2.91. The molecule has 1 saturated heterocycles. The predicted octanol–water partition coefficient (Wildman–Crippen LogP) is -0.368. The topological polar surface area (TPSA) is 66.5 Å². The Bertz CT molecular complexity index is 343. The van der Waals surface area contributed by atoms with E-state index in [9.17, 15) is 13.2 Å². The fourth-order valence-corrected chi connectivity index (χ4v) is 2.62. The van der Waals surface area contributed by atoms with E-state index < -0.39 is 9.84 Å². The van der Waals surface area contributed by atoms with Crippen LogP contribution in [0.3, 0.4) is 0 Å². The van der Waals surface area contributed by atoms with Crippen molar-refractivity contribution in [3.05, 3.63) is 0 Å². The van der Waals surface area contributed by atoms with Gasteiger partial charge in [0.05, 0.1) is 18.1 Å². The maximum absolute atomic E-state index is 11.7. The van der Waals surface area contributed by atoms with Crippen LogP contribution >= 0.6 is 0 Å². The Labute approximate surface area is 97.1 Å². The molecule has 1 N–H and O–H groups in total. The summed E-state index contributed by atoms with van der Waals surface area (Å²) in [6.07, 6.45) is 0. The van der Waals surface area contributed by atoms with Gasteiger partial charge >= 0.3 is 0 Å². The molecule has 1 heterocycles. The molecule has 6 heteroatoms. The Morgan fingerprint density at radius 1 is 1.25 bits per heavy atom. The Hall–Kier alpha value is -0.620. The first kappa shape index (κ1) is 13.4. The zero-order valence-electron chi connectivity index (χ0n) is 10.1. The van der Waals surface area contributed by atoms with Gasteiger partial charge in [0.15, 0.2) is 9.84 Å². The third kappa shape index (κ3) is 4.49. The molecular weight excluding hydrogens is 228 g/mol. The van der Waals surface area contributed by atoms with Crippen molar-refractivity contribution < 1.29 is 13.2 Å². The molecule has 0 aliphatic carbocycles. The van der Waals surface area contributed by atoms with Crippen molar-refractivity contribution in [2.75, 3.05) is 31.1 Å². The summed E-state index contributed by atoms with van der Waals surface area (Å²) in [6.45, 7) is 6.88. The van der Waals surface area contributed by atoms with E-state index in [1.54, 1.807) is 4.90 Å². The lowest BCUT2D eigenvalue weighted by Crippen LogP contribution is -2.49. The lowest BCUT2D eigenvalue weighted by molar-refractivity contribution is -0.130. The largest absolute Gasteiger partial charge is 0.340 e. The summed E-state index contributed by atoms with van der Waals surface area (Å²) < 4.78 is 22.4. The molecule has 94 valence electrons. The van der Waals surface area contributed by atoms with E-state index in [0.717, 1.165) is 0 Å². The third-order valence-electron chi connectivity index (χ3n) is 2.47. The van der Waals surface area contributed by atoms with E-state index in [1.807, 2.05) is 20.8 Å². The van der Waals surface area contributed by atoms with Crippen molar-refractivity contribution in [2.45, 2.75) is 26.3 Å². The SMILES string of the molecule is CC(C)(C)NCC(=O)N1CCS(=O)(=O)CC1. The second kappa shape index (κ2) is 4.71. The molecule has 1 fully saturated rings. The number of amides is 1. The van der Waals surface area contributed by atoms with Crippen LogP contribution in [0.25, 0.3) is 0 Å². The maximum Gasteiger partial charge on any atom is 0.236 e. The van der Waals surface area contributed by atoms with Crippen LogP contribution < -0.4 is 5.32 Å². The number of carbonyl (C=O) groups is 1. The molecule has 5 nitrogen and oxygen atoms in total. The van der Waals surface area contributed by atoms with Crippen LogP contribution in [0.15, 0.2) is 0 Å². The van der Waals surface area contributed by atoms with Crippen molar-refractivity contribution in [1.29, 1.82) is 0 Å². The van der Waals surface area contributed by atoms with Crippen molar-refractivity contribution in [3.8, 4) is 0 Å². The number of nitrogens with one attached hydrogen (secondary N) is 1. The van der Waals surface area contributed by atoms with Gasteiger partial charge in [-0.1, -0.05) is 0 Å². The molecule has 0 bridgehead atoms. The summed E-state index contributed by atoms with van der Waals surface area (Å²) in [5.74, 6) is 0.160. The Kier molecular flexibility index (Phi) is 3.96. The van der Waals surface area contributed by atoms with Gasteiger partial charge in [-0.05, 0) is 20.8 Å².